The smallest absolute Gasteiger partial charge is 0.261 e. The zero-order valence-electron chi connectivity index (χ0n) is 20.2. The van der Waals surface area contributed by atoms with Gasteiger partial charge in [-0.25, -0.2) is 4.98 Å². The molecule has 0 saturated carbocycles. The number of hydrogen-bond donors (Lipinski definition) is 3. The number of amides is 1. The maximum atomic E-state index is 13.1. The van der Waals surface area contributed by atoms with Crippen LogP contribution < -0.4 is 15.4 Å². The number of benzene rings is 4. The van der Waals surface area contributed by atoms with E-state index in [0.717, 1.165) is 21.9 Å². The number of thiocarbonyl (C=S) groups is 1. The highest BCUT2D eigenvalue weighted by Gasteiger charge is 2.20. The number of ether oxygens (including phenoxy) is 1. The monoisotopic (exact) mass is 575 g/mol. The number of anilines is 1. The highest BCUT2D eigenvalue weighted by molar-refractivity contribution is 9.10. The second-order valence-corrected chi connectivity index (χ2v) is 9.78. The number of nitrogens with zero attached hydrogens (tertiary/aromatic N) is 1. The lowest BCUT2D eigenvalue weighted by molar-refractivity contribution is 0.0975. The van der Waals surface area contributed by atoms with Gasteiger partial charge >= 0.3 is 0 Å². The SMILES string of the molecule is COc1c(C(=O)NC(=S)Nc2ccc(O)c(-c3nc4cc(C)cc(C)c4o3)c2)cc2ccccc2c1Br. The Morgan fingerprint density at radius 2 is 1.89 bits per heavy atom. The number of fused-ring (bicyclic) bond motifs is 2. The summed E-state index contributed by atoms with van der Waals surface area (Å²) >= 11 is 8.95. The van der Waals surface area contributed by atoms with Crippen LogP contribution in [0.3, 0.4) is 0 Å². The Balaban J connectivity index is 1.39. The van der Waals surface area contributed by atoms with Crippen molar-refractivity contribution in [1.29, 1.82) is 0 Å². The van der Waals surface area contributed by atoms with Crippen molar-refractivity contribution in [2.24, 2.45) is 0 Å². The Kier molecular flexibility index (Phi) is 6.57. The lowest BCUT2D eigenvalue weighted by Crippen LogP contribution is -2.34. The molecule has 0 unspecified atom stereocenters. The zero-order chi connectivity index (χ0) is 26.3. The highest BCUT2D eigenvalue weighted by atomic mass is 79.9. The Morgan fingerprint density at radius 3 is 2.68 bits per heavy atom. The van der Waals surface area contributed by atoms with Crippen LogP contribution in [0.4, 0.5) is 5.69 Å². The van der Waals surface area contributed by atoms with Crippen LogP contribution in [0.5, 0.6) is 11.5 Å². The number of oxazole rings is 1. The number of rotatable bonds is 4. The van der Waals surface area contributed by atoms with Crippen molar-refractivity contribution in [2.45, 2.75) is 13.8 Å². The Labute approximate surface area is 226 Å². The van der Waals surface area contributed by atoms with Gasteiger partial charge < -0.3 is 19.6 Å². The van der Waals surface area contributed by atoms with Crippen molar-refractivity contribution >= 4 is 66.7 Å². The predicted molar refractivity (Wildman–Crippen MR) is 152 cm³/mol. The fourth-order valence-electron chi connectivity index (χ4n) is 4.26. The van der Waals surface area contributed by atoms with E-state index in [1.165, 1.54) is 13.2 Å². The number of methoxy groups -OCH3 is 1. The van der Waals surface area contributed by atoms with Crippen LogP contribution in [0.25, 0.3) is 33.3 Å². The molecule has 5 rings (SSSR count). The number of aromatic nitrogens is 1. The summed E-state index contributed by atoms with van der Waals surface area (Å²) in [5, 5.41) is 18.1. The topological polar surface area (TPSA) is 96.6 Å². The third-order valence-electron chi connectivity index (χ3n) is 5.92. The molecule has 9 heteroatoms. The van der Waals surface area contributed by atoms with E-state index in [1.807, 2.05) is 50.2 Å². The van der Waals surface area contributed by atoms with Crippen molar-refractivity contribution in [1.82, 2.24) is 10.3 Å². The number of halogens is 1. The maximum absolute atomic E-state index is 13.1. The van der Waals surface area contributed by atoms with Gasteiger partial charge in [-0.05, 0) is 94.2 Å². The van der Waals surface area contributed by atoms with Gasteiger partial charge in [-0.15, -0.1) is 0 Å². The molecule has 0 aliphatic heterocycles. The van der Waals surface area contributed by atoms with Gasteiger partial charge in [0.15, 0.2) is 10.7 Å². The first kappa shape index (κ1) is 24.7. The molecule has 0 saturated heterocycles. The van der Waals surface area contributed by atoms with Crippen LogP contribution >= 0.6 is 28.1 Å². The van der Waals surface area contributed by atoms with Crippen molar-refractivity contribution in [2.75, 3.05) is 12.4 Å². The summed E-state index contributed by atoms with van der Waals surface area (Å²) in [4.78, 5) is 17.7. The van der Waals surface area contributed by atoms with Crippen LogP contribution in [0.15, 0.2) is 69.6 Å². The van der Waals surface area contributed by atoms with Crippen molar-refractivity contribution in [3.63, 3.8) is 0 Å². The summed E-state index contributed by atoms with van der Waals surface area (Å²) in [6, 6.07) is 18.2. The average Bonchev–Trinajstić information content (AvgIpc) is 3.29. The Hall–Kier alpha value is -3.95. The van der Waals surface area contributed by atoms with Crippen LogP contribution in [-0.2, 0) is 0 Å². The van der Waals surface area contributed by atoms with E-state index in [1.54, 1.807) is 18.2 Å². The third kappa shape index (κ3) is 4.75. The maximum Gasteiger partial charge on any atom is 0.261 e. The number of carbonyl (C=O) groups is 1. The van der Waals surface area contributed by atoms with Gasteiger partial charge in [0.05, 0.1) is 22.7 Å². The molecular formula is C28H22BrN3O4S. The summed E-state index contributed by atoms with van der Waals surface area (Å²) in [5.41, 5.74) is 4.68. The fourth-order valence-corrected chi connectivity index (χ4v) is 5.21. The quantitative estimate of drug-likeness (QED) is 0.159. The zero-order valence-corrected chi connectivity index (χ0v) is 22.6. The number of phenolic OH excluding ortho intramolecular Hbond substituents is 1. The summed E-state index contributed by atoms with van der Waals surface area (Å²) < 4.78 is 12.1. The molecule has 0 bridgehead atoms. The molecule has 7 nitrogen and oxygen atoms in total. The molecule has 186 valence electrons. The summed E-state index contributed by atoms with van der Waals surface area (Å²) in [6.45, 7) is 3.94. The van der Waals surface area contributed by atoms with E-state index in [9.17, 15) is 9.90 Å². The summed E-state index contributed by atoms with van der Waals surface area (Å²) in [6.07, 6.45) is 0. The van der Waals surface area contributed by atoms with Crippen LogP contribution in [0.1, 0.15) is 21.5 Å². The Bertz CT molecular complexity index is 1710. The first-order valence-corrected chi connectivity index (χ1v) is 12.5. The molecule has 37 heavy (non-hydrogen) atoms. The van der Waals surface area contributed by atoms with Crippen molar-refractivity contribution in [3.05, 3.63) is 81.8 Å². The highest BCUT2D eigenvalue weighted by Crippen LogP contribution is 2.37. The normalized spacial score (nSPS) is 11.0. The predicted octanol–water partition coefficient (Wildman–Crippen LogP) is 6.87. The van der Waals surface area contributed by atoms with Gasteiger partial charge in [-0.2, -0.15) is 0 Å². The van der Waals surface area contributed by atoms with Crippen molar-refractivity contribution < 1.29 is 19.1 Å². The van der Waals surface area contributed by atoms with E-state index in [0.29, 0.717) is 38.1 Å². The molecule has 1 amide bonds. The lowest BCUT2D eigenvalue weighted by Gasteiger charge is -2.15. The van der Waals surface area contributed by atoms with Gasteiger partial charge in [0.25, 0.3) is 5.91 Å². The molecule has 3 N–H and O–H groups in total. The van der Waals surface area contributed by atoms with Gasteiger partial charge in [0, 0.05) is 5.69 Å². The molecule has 0 aliphatic carbocycles. The molecular weight excluding hydrogens is 554 g/mol. The van der Waals surface area contributed by atoms with Gasteiger partial charge in [-0.1, -0.05) is 30.3 Å². The van der Waals surface area contributed by atoms with E-state index in [-0.39, 0.29) is 16.8 Å². The second kappa shape index (κ2) is 9.84. The third-order valence-corrected chi connectivity index (χ3v) is 6.91. The van der Waals surface area contributed by atoms with Crippen LogP contribution in [0, 0.1) is 13.8 Å². The van der Waals surface area contributed by atoms with E-state index in [2.05, 4.69) is 31.5 Å². The van der Waals surface area contributed by atoms with E-state index in [4.69, 9.17) is 21.4 Å². The van der Waals surface area contributed by atoms with Gasteiger partial charge in [-0.3, -0.25) is 10.1 Å². The number of aromatic hydroxyl groups is 1. The molecule has 1 heterocycles. The van der Waals surface area contributed by atoms with Crippen LogP contribution in [0.2, 0.25) is 0 Å². The molecule has 1 aromatic heterocycles. The van der Waals surface area contributed by atoms with Crippen LogP contribution in [-0.4, -0.2) is 28.2 Å². The number of hydrogen-bond acceptors (Lipinski definition) is 6. The van der Waals surface area contributed by atoms with Gasteiger partial charge in [0.1, 0.15) is 17.0 Å². The fraction of sp³-hybridized carbons (Fsp3) is 0.107. The first-order valence-electron chi connectivity index (χ1n) is 11.3. The summed E-state index contributed by atoms with van der Waals surface area (Å²) in [5.74, 6) is 0.273. The molecule has 5 aromatic rings. The lowest BCUT2D eigenvalue weighted by atomic mass is 10.1. The molecule has 0 spiro atoms. The number of carbonyl (C=O) groups excluding carboxylic acids is 1. The molecule has 0 radical (unpaired) electrons. The molecule has 4 aromatic carbocycles. The number of aryl methyl sites for hydroxylation is 2. The standard InChI is InChI=1S/C28H22BrN3O4S/c1-14-10-15(2)24-21(11-14)31-27(36-24)19-13-17(8-9-22(19)33)30-28(37)32-26(34)20-12-16-6-4-5-7-18(16)23(29)25(20)35-3/h4-13,33H,1-3H3,(H2,30,32,34,37). The van der Waals surface area contributed by atoms with Gasteiger partial charge in [0.2, 0.25) is 5.89 Å². The minimum atomic E-state index is -0.426. The average molecular weight is 576 g/mol. The summed E-state index contributed by atoms with van der Waals surface area (Å²) in [7, 11) is 1.51. The largest absolute Gasteiger partial charge is 0.507 e. The molecule has 0 fully saturated rings. The minimum Gasteiger partial charge on any atom is -0.507 e. The van der Waals surface area contributed by atoms with Crippen molar-refractivity contribution in [3.8, 4) is 23.0 Å². The minimum absolute atomic E-state index is 0.00665. The first-order chi connectivity index (χ1) is 17.7. The molecule has 0 aliphatic rings. The molecule has 0 atom stereocenters. The van der Waals surface area contributed by atoms with E-state index < -0.39 is 5.91 Å². The van der Waals surface area contributed by atoms with E-state index >= 15 is 0 Å². The number of phenols is 1. The second-order valence-electron chi connectivity index (χ2n) is 8.58. The Morgan fingerprint density at radius 1 is 1.11 bits per heavy atom. The number of nitrogens with one attached hydrogen (secondary N) is 2.